The summed E-state index contributed by atoms with van der Waals surface area (Å²) in [6.07, 6.45) is 2.69. The maximum absolute atomic E-state index is 10.1. The highest BCUT2D eigenvalue weighted by Gasteiger charge is 2.23. The molecular weight excluding hydrogens is 134 g/mol. The molecule has 0 aromatic heterocycles. The summed E-state index contributed by atoms with van der Waals surface area (Å²) in [5.74, 6) is 0. The highest BCUT2D eigenvalue weighted by molar-refractivity contribution is 8.01. The van der Waals surface area contributed by atoms with Gasteiger partial charge in [-0.2, -0.15) is 5.26 Å². The number of carbonyl (C=O) groups excluding carboxylic acids is 1. The predicted molar refractivity (Wildman–Crippen MR) is 36.1 cm³/mol. The van der Waals surface area contributed by atoms with E-state index in [4.69, 9.17) is 5.26 Å². The van der Waals surface area contributed by atoms with Crippen molar-refractivity contribution in [3.63, 3.8) is 0 Å². The first kappa shape index (κ1) is 6.63. The number of nitrogens with zero attached hydrogens (tertiary/aromatic N) is 1. The van der Waals surface area contributed by atoms with Crippen molar-refractivity contribution < 1.29 is 4.79 Å². The lowest BCUT2D eigenvalue weighted by Crippen LogP contribution is -1.96. The van der Waals surface area contributed by atoms with Gasteiger partial charge in [0.1, 0.15) is 6.29 Å². The zero-order valence-electron chi connectivity index (χ0n) is 4.91. The molecule has 0 aliphatic carbocycles. The lowest BCUT2D eigenvalue weighted by atomic mass is 10.2. The maximum atomic E-state index is 10.1. The number of rotatable bonds is 1. The van der Waals surface area contributed by atoms with E-state index in [1.54, 1.807) is 0 Å². The topological polar surface area (TPSA) is 40.9 Å². The Morgan fingerprint density at radius 3 is 2.78 bits per heavy atom. The Hall–Kier alpha value is -0.490. The van der Waals surface area contributed by atoms with Crippen molar-refractivity contribution in [2.24, 2.45) is 0 Å². The van der Waals surface area contributed by atoms with Crippen molar-refractivity contribution in [1.82, 2.24) is 0 Å². The van der Waals surface area contributed by atoms with Gasteiger partial charge in [-0.1, -0.05) is 0 Å². The summed E-state index contributed by atoms with van der Waals surface area (Å²) < 4.78 is 0. The van der Waals surface area contributed by atoms with E-state index in [2.05, 4.69) is 6.07 Å². The second-order valence-corrected chi connectivity index (χ2v) is 3.45. The first-order valence-corrected chi connectivity index (χ1v) is 3.81. The van der Waals surface area contributed by atoms with Crippen LogP contribution in [-0.4, -0.2) is 16.8 Å². The van der Waals surface area contributed by atoms with Gasteiger partial charge < -0.3 is 4.79 Å². The van der Waals surface area contributed by atoms with Crippen LogP contribution in [0.4, 0.5) is 0 Å². The maximum Gasteiger partial charge on any atom is 0.132 e. The Labute approximate surface area is 58.2 Å². The molecule has 48 valence electrons. The predicted octanol–water partition coefficient (Wildman–Crippen LogP) is 0.973. The Bertz CT molecular complexity index is 152. The minimum Gasteiger partial charge on any atom is -0.302 e. The molecule has 0 N–H and O–H groups in total. The quantitative estimate of drug-likeness (QED) is 0.511. The molecule has 1 aliphatic heterocycles. The zero-order valence-corrected chi connectivity index (χ0v) is 5.73. The normalized spacial score (nSPS) is 33.7. The van der Waals surface area contributed by atoms with E-state index in [0.29, 0.717) is 0 Å². The molecule has 0 radical (unpaired) electrons. The molecule has 2 atom stereocenters. The van der Waals surface area contributed by atoms with Gasteiger partial charge in [0.2, 0.25) is 0 Å². The van der Waals surface area contributed by atoms with Crippen LogP contribution in [0.15, 0.2) is 0 Å². The van der Waals surface area contributed by atoms with Gasteiger partial charge in [-0.25, -0.2) is 0 Å². The van der Waals surface area contributed by atoms with Crippen molar-refractivity contribution in [3.8, 4) is 6.07 Å². The minimum absolute atomic E-state index is 0.0696. The molecule has 2 nitrogen and oxygen atoms in total. The summed E-state index contributed by atoms with van der Waals surface area (Å²) in [7, 11) is 0. The molecule has 0 bridgehead atoms. The molecule has 0 unspecified atom stereocenters. The SMILES string of the molecule is N#C[C@@H]1CC[C@@H](C=O)S1. The smallest absolute Gasteiger partial charge is 0.132 e. The third kappa shape index (κ3) is 1.46. The lowest BCUT2D eigenvalue weighted by molar-refractivity contribution is -0.107. The number of nitriles is 1. The third-order valence-corrected chi connectivity index (χ3v) is 2.71. The molecule has 1 heterocycles. The average Bonchev–Trinajstić information content (AvgIpc) is 2.34. The summed E-state index contributed by atoms with van der Waals surface area (Å²) in [5, 5.41) is 8.55. The summed E-state index contributed by atoms with van der Waals surface area (Å²) in [5.41, 5.74) is 0. The Kier molecular flexibility index (Phi) is 2.12. The van der Waals surface area contributed by atoms with Gasteiger partial charge in [0.05, 0.1) is 16.6 Å². The number of aldehydes is 1. The standard InChI is InChI=1S/C6H7NOS/c7-3-5-1-2-6(4-8)9-5/h4-6H,1-2H2/t5-,6-/m0/s1. The van der Waals surface area contributed by atoms with E-state index in [9.17, 15) is 4.79 Å². The number of hydrogen-bond acceptors (Lipinski definition) is 3. The minimum atomic E-state index is 0.0696. The Morgan fingerprint density at radius 1 is 1.67 bits per heavy atom. The third-order valence-electron chi connectivity index (χ3n) is 1.35. The van der Waals surface area contributed by atoms with Crippen LogP contribution < -0.4 is 0 Å². The molecule has 1 aliphatic rings. The first-order valence-electron chi connectivity index (χ1n) is 2.87. The second kappa shape index (κ2) is 2.88. The van der Waals surface area contributed by atoms with Gasteiger partial charge in [0.15, 0.2) is 0 Å². The van der Waals surface area contributed by atoms with E-state index in [1.165, 1.54) is 11.8 Å². The van der Waals surface area contributed by atoms with E-state index < -0.39 is 0 Å². The van der Waals surface area contributed by atoms with Crippen molar-refractivity contribution in [1.29, 1.82) is 5.26 Å². The van der Waals surface area contributed by atoms with E-state index in [1.807, 2.05) is 0 Å². The van der Waals surface area contributed by atoms with E-state index in [0.717, 1.165) is 19.1 Å². The number of thioether (sulfide) groups is 1. The molecule has 1 fully saturated rings. The molecule has 0 spiro atoms. The van der Waals surface area contributed by atoms with Crippen LogP contribution in [0.1, 0.15) is 12.8 Å². The van der Waals surface area contributed by atoms with Crippen LogP contribution in [-0.2, 0) is 4.79 Å². The first-order chi connectivity index (χ1) is 4.36. The van der Waals surface area contributed by atoms with Gasteiger partial charge in [0.25, 0.3) is 0 Å². The number of carbonyl (C=O) groups is 1. The van der Waals surface area contributed by atoms with Crippen molar-refractivity contribution in [2.45, 2.75) is 23.3 Å². The zero-order chi connectivity index (χ0) is 6.69. The Morgan fingerprint density at radius 2 is 2.44 bits per heavy atom. The van der Waals surface area contributed by atoms with Crippen molar-refractivity contribution in [2.75, 3.05) is 0 Å². The van der Waals surface area contributed by atoms with Crippen LogP contribution >= 0.6 is 11.8 Å². The summed E-state index contributed by atoms with van der Waals surface area (Å²) in [6, 6.07) is 2.13. The van der Waals surface area contributed by atoms with Crippen LogP contribution in [0.25, 0.3) is 0 Å². The van der Waals surface area contributed by atoms with Crippen molar-refractivity contribution in [3.05, 3.63) is 0 Å². The molecule has 1 saturated heterocycles. The summed E-state index contributed by atoms with van der Waals surface area (Å²) in [6.45, 7) is 0. The molecule has 0 aromatic rings. The van der Waals surface area contributed by atoms with Gasteiger partial charge in [-0.05, 0) is 12.8 Å². The fourth-order valence-corrected chi connectivity index (χ4v) is 1.95. The number of hydrogen-bond donors (Lipinski definition) is 0. The monoisotopic (exact) mass is 141 g/mol. The molecule has 0 aromatic carbocycles. The molecule has 0 amide bonds. The molecular formula is C6H7NOS. The van der Waals surface area contributed by atoms with Gasteiger partial charge in [-0.3, -0.25) is 0 Å². The highest BCUT2D eigenvalue weighted by Crippen LogP contribution is 2.31. The van der Waals surface area contributed by atoms with Crippen molar-refractivity contribution >= 4 is 18.0 Å². The van der Waals surface area contributed by atoms with Crippen LogP contribution in [0.2, 0.25) is 0 Å². The van der Waals surface area contributed by atoms with Gasteiger partial charge >= 0.3 is 0 Å². The van der Waals surface area contributed by atoms with Crippen LogP contribution in [0.5, 0.6) is 0 Å². The lowest BCUT2D eigenvalue weighted by Gasteiger charge is -1.93. The van der Waals surface area contributed by atoms with Gasteiger partial charge in [-0.15, -0.1) is 11.8 Å². The molecule has 9 heavy (non-hydrogen) atoms. The highest BCUT2D eigenvalue weighted by atomic mass is 32.2. The molecule has 3 heteroatoms. The largest absolute Gasteiger partial charge is 0.302 e. The van der Waals surface area contributed by atoms with E-state index in [-0.39, 0.29) is 10.5 Å². The van der Waals surface area contributed by atoms with Crippen LogP contribution in [0.3, 0.4) is 0 Å². The van der Waals surface area contributed by atoms with E-state index >= 15 is 0 Å². The summed E-state index contributed by atoms with van der Waals surface area (Å²) >= 11 is 1.48. The van der Waals surface area contributed by atoms with Gasteiger partial charge in [0, 0.05) is 0 Å². The molecule has 0 saturated carbocycles. The average molecular weight is 141 g/mol. The summed E-state index contributed by atoms with van der Waals surface area (Å²) in [4.78, 5) is 10.1. The Balaban J connectivity index is 2.39. The molecule has 1 rings (SSSR count). The fourth-order valence-electron chi connectivity index (χ4n) is 0.858. The second-order valence-electron chi connectivity index (χ2n) is 2.01. The van der Waals surface area contributed by atoms with Crippen LogP contribution in [0, 0.1) is 11.3 Å². The fraction of sp³-hybridized carbons (Fsp3) is 0.667.